The van der Waals surface area contributed by atoms with E-state index in [0.29, 0.717) is 12.1 Å². The molecule has 0 aliphatic heterocycles. The maximum atomic E-state index is 9.54. The van der Waals surface area contributed by atoms with Crippen LogP contribution in [0.1, 0.15) is 30.8 Å². The van der Waals surface area contributed by atoms with Crippen molar-refractivity contribution in [2.24, 2.45) is 0 Å². The van der Waals surface area contributed by atoms with Crippen LogP contribution in [0.15, 0.2) is 4.47 Å². The van der Waals surface area contributed by atoms with Crippen LogP contribution in [0.3, 0.4) is 0 Å². The number of H-pyrrole nitrogens is 1. The Labute approximate surface area is 85.1 Å². The lowest BCUT2D eigenvalue weighted by Gasteiger charge is -2.05. The van der Waals surface area contributed by atoms with E-state index >= 15 is 0 Å². The molecule has 1 rings (SSSR count). The van der Waals surface area contributed by atoms with Gasteiger partial charge in [0.15, 0.2) is 0 Å². The van der Waals surface area contributed by atoms with Crippen LogP contribution in [-0.2, 0) is 6.42 Å². The molecular weight excluding hydrogens is 236 g/mol. The van der Waals surface area contributed by atoms with Crippen molar-refractivity contribution in [1.29, 1.82) is 0 Å². The molecule has 3 N–H and O–H groups in total. The fourth-order valence-electron chi connectivity index (χ4n) is 1.09. The molecule has 0 aliphatic carbocycles. The third kappa shape index (κ3) is 2.30. The summed E-state index contributed by atoms with van der Waals surface area (Å²) in [5, 5.41) is 25.0. The van der Waals surface area contributed by atoms with Gasteiger partial charge in [-0.1, -0.05) is 6.92 Å². The number of aromatic amines is 1. The molecule has 0 radical (unpaired) electrons. The Hall–Kier alpha value is -0.390. The Bertz CT molecular complexity index is 275. The van der Waals surface area contributed by atoms with Crippen LogP contribution in [-0.4, -0.2) is 27.0 Å². The smallest absolute Gasteiger partial charge is 0.105 e. The molecule has 0 bridgehead atoms. The summed E-state index contributed by atoms with van der Waals surface area (Å²) in [6.45, 7) is 1.96. The largest absolute Gasteiger partial charge is 0.396 e. The Morgan fingerprint density at radius 3 is 2.77 bits per heavy atom. The maximum Gasteiger partial charge on any atom is 0.105 e. The lowest BCUT2D eigenvalue weighted by Crippen LogP contribution is -2.01. The van der Waals surface area contributed by atoms with Crippen molar-refractivity contribution in [3.63, 3.8) is 0 Å². The zero-order chi connectivity index (χ0) is 9.84. The summed E-state index contributed by atoms with van der Waals surface area (Å²) in [6.07, 6.45) is 0.447. The number of aliphatic hydroxyl groups is 2. The molecule has 1 aromatic heterocycles. The molecule has 5 heteroatoms. The van der Waals surface area contributed by atoms with Crippen LogP contribution < -0.4 is 0 Å². The van der Waals surface area contributed by atoms with E-state index in [9.17, 15) is 5.11 Å². The van der Waals surface area contributed by atoms with E-state index in [1.807, 2.05) is 6.92 Å². The van der Waals surface area contributed by atoms with Crippen LogP contribution in [0.4, 0.5) is 0 Å². The predicted molar refractivity (Wildman–Crippen MR) is 52.3 cm³/mol. The number of hydrogen-bond acceptors (Lipinski definition) is 3. The summed E-state index contributed by atoms with van der Waals surface area (Å²) in [5.41, 5.74) is 1.54. The highest BCUT2D eigenvalue weighted by atomic mass is 79.9. The van der Waals surface area contributed by atoms with Gasteiger partial charge in [-0.2, -0.15) is 5.10 Å². The molecule has 1 aromatic rings. The number of halogens is 1. The number of hydrogen-bond donors (Lipinski definition) is 3. The minimum absolute atomic E-state index is 0.0398. The number of aliphatic hydroxyl groups excluding tert-OH is 2. The van der Waals surface area contributed by atoms with Crippen molar-refractivity contribution >= 4 is 15.9 Å². The molecule has 0 aliphatic rings. The normalized spacial score (nSPS) is 13.2. The average molecular weight is 249 g/mol. The van der Waals surface area contributed by atoms with Crippen LogP contribution in [0.5, 0.6) is 0 Å². The number of rotatable bonds is 4. The van der Waals surface area contributed by atoms with Crippen molar-refractivity contribution < 1.29 is 10.2 Å². The van der Waals surface area contributed by atoms with Crippen LogP contribution >= 0.6 is 15.9 Å². The standard InChI is InChI=1S/C8H13BrN2O2/c1-2-5-7(9)8(11-10-5)6(13)3-4-12/h6,12-13H,2-4H2,1H3,(H,10,11). The van der Waals surface area contributed by atoms with Crippen LogP contribution in [0, 0.1) is 0 Å². The Morgan fingerprint density at radius 1 is 1.62 bits per heavy atom. The van der Waals surface area contributed by atoms with Crippen molar-refractivity contribution in [3.8, 4) is 0 Å². The Kier molecular flexibility index (Phi) is 3.90. The molecule has 0 fully saturated rings. The molecule has 74 valence electrons. The second-order valence-electron chi connectivity index (χ2n) is 2.78. The quantitative estimate of drug-likeness (QED) is 0.749. The molecule has 13 heavy (non-hydrogen) atoms. The summed E-state index contributed by atoms with van der Waals surface area (Å²) in [4.78, 5) is 0. The van der Waals surface area contributed by atoms with Crippen molar-refractivity contribution in [3.05, 3.63) is 15.9 Å². The number of aryl methyl sites for hydroxylation is 1. The summed E-state index contributed by atoms with van der Waals surface area (Å²) in [7, 11) is 0. The fraction of sp³-hybridized carbons (Fsp3) is 0.625. The van der Waals surface area contributed by atoms with Crippen molar-refractivity contribution in [2.45, 2.75) is 25.9 Å². The lowest BCUT2D eigenvalue weighted by atomic mass is 10.2. The number of nitrogens with one attached hydrogen (secondary N) is 1. The highest BCUT2D eigenvalue weighted by molar-refractivity contribution is 9.10. The molecule has 0 spiro atoms. The van der Waals surface area contributed by atoms with Crippen LogP contribution in [0.25, 0.3) is 0 Å². The first-order chi connectivity index (χ1) is 6.20. The van der Waals surface area contributed by atoms with Gasteiger partial charge in [0, 0.05) is 18.7 Å². The molecule has 0 amide bonds. The van der Waals surface area contributed by atoms with Gasteiger partial charge in [0.25, 0.3) is 0 Å². The molecular formula is C8H13BrN2O2. The highest BCUT2D eigenvalue weighted by Crippen LogP contribution is 2.26. The van der Waals surface area contributed by atoms with Gasteiger partial charge >= 0.3 is 0 Å². The van der Waals surface area contributed by atoms with Gasteiger partial charge in [0.2, 0.25) is 0 Å². The highest BCUT2D eigenvalue weighted by Gasteiger charge is 2.16. The van der Waals surface area contributed by atoms with Gasteiger partial charge in [0.1, 0.15) is 11.8 Å². The van der Waals surface area contributed by atoms with Crippen LogP contribution in [0.2, 0.25) is 0 Å². The molecule has 1 atom stereocenters. The zero-order valence-electron chi connectivity index (χ0n) is 7.42. The Balaban J connectivity index is 2.82. The number of aromatic nitrogens is 2. The SMILES string of the molecule is CCc1[nH]nc(C(O)CCO)c1Br. The second kappa shape index (κ2) is 4.74. The lowest BCUT2D eigenvalue weighted by molar-refractivity contribution is 0.130. The summed E-state index contributed by atoms with van der Waals surface area (Å²) in [5.74, 6) is 0. The fourth-order valence-corrected chi connectivity index (χ4v) is 1.82. The molecule has 1 unspecified atom stereocenters. The van der Waals surface area contributed by atoms with E-state index < -0.39 is 6.10 Å². The van der Waals surface area contributed by atoms with E-state index in [1.54, 1.807) is 0 Å². The summed E-state index contributed by atoms with van der Waals surface area (Å²) < 4.78 is 0.816. The van der Waals surface area contributed by atoms with E-state index in [1.165, 1.54) is 0 Å². The van der Waals surface area contributed by atoms with E-state index in [2.05, 4.69) is 26.1 Å². The van der Waals surface area contributed by atoms with Gasteiger partial charge in [-0.15, -0.1) is 0 Å². The predicted octanol–water partition coefficient (Wildman–Crippen LogP) is 1.15. The molecule has 0 saturated heterocycles. The summed E-state index contributed by atoms with van der Waals surface area (Å²) >= 11 is 3.35. The molecule has 0 aromatic carbocycles. The van der Waals surface area contributed by atoms with Gasteiger partial charge < -0.3 is 10.2 Å². The first-order valence-corrected chi connectivity index (χ1v) is 5.01. The van der Waals surface area contributed by atoms with Gasteiger partial charge in [-0.3, -0.25) is 5.10 Å². The topological polar surface area (TPSA) is 69.1 Å². The maximum absolute atomic E-state index is 9.54. The minimum Gasteiger partial charge on any atom is -0.396 e. The van der Waals surface area contributed by atoms with Gasteiger partial charge in [-0.05, 0) is 22.4 Å². The molecule has 1 heterocycles. The van der Waals surface area contributed by atoms with Crippen molar-refractivity contribution in [1.82, 2.24) is 10.2 Å². The zero-order valence-corrected chi connectivity index (χ0v) is 9.00. The van der Waals surface area contributed by atoms with Crippen molar-refractivity contribution in [2.75, 3.05) is 6.61 Å². The second-order valence-corrected chi connectivity index (χ2v) is 3.58. The minimum atomic E-state index is -0.698. The average Bonchev–Trinajstić information content (AvgIpc) is 2.47. The number of nitrogens with zero attached hydrogens (tertiary/aromatic N) is 1. The van der Waals surface area contributed by atoms with E-state index in [4.69, 9.17) is 5.11 Å². The first kappa shape index (κ1) is 10.7. The third-order valence-electron chi connectivity index (χ3n) is 1.87. The first-order valence-electron chi connectivity index (χ1n) is 4.22. The van der Waals surface area contributed by atoms with E-state index in [0.717, 1.165) is 16.6 Å². The third-order valence-corrected chi connectivity index (χ3v) is 2.76. The molecule has 0 saturated carbocycles. The van der Waals surface area contributed by atoms with Gasteiger partial charge in [-0.25, -0.2) is 0 Å². The van der Waals surface area contributed by atoms with Gasteiger partial charge in [0.05, 0.1) is 4.47 Å². The Morgan fingerprint density at radius 2 is 2.31 bits per heavy atom. The summed E-state index contributed by atoms with van der Waals surface area (Å²) in [6, 6.07) is 0. The van der Waals surface area contributed by atoms with E-state index in [-0.39, 0.29) is 6.61 Å². The monoisotopic (exact) mass is 248 g/mol. The molecule has 4 nitrogen and oxygen atoms in total.